The van der Waals surface area contributed by atoms with E-state index in [-0.39, 0.29) is 0 Å². The molecule has 0 spiro atoms. The van der Waals surface area contributed by atoms with Crippen LogP contribution < -0.4 is 0 Å². The molecular formula is C12H15Cl3. The summed E-state index contributed by atoms with van der Waals surface area (Å²) in [6.07, 6.45) is 4.46. The van der Waals surface area contributed by atoms with Gasteiger partial charge < -0.3 is 0 Å². The van der Waals surface area contributed by atoms with Gasteiger partial charge in [-0.2, -0.15) is 0 Å². The van der Waals surface area contributed by atoms with Gasteiger partial charge in [0.15, 0.2) is 0 Å². The molecule has 0 atom stereocenters. The van der Waals surface area contributed by atoms with E-state index in [1.165, 1.54) is 18.2 Å². The van der Waals surface area contributed by atoms with Crippen LogP contribution in [0.4, 0.5) is 0 Å². The Morgan fingerprint density at radius 1 is 0.600 bits per heavy atom. The van der Waals surface area contributed by atoms with Crippen LogP contribution in [0.25, 0.3) is 0 Å². The molecule has 0 N–H and O–H groups in total. The van der Waals surface area contributed by atoms with E-state index in [1.807, 2.05) is 0 Å². The quantitative estimate of drug-likeness (QED) is 0.568. The average Bonchev–Trinajstić information content (AvgIpc) is 2.19. The van der Waals surface area contributed by atoms with Crippen molar-refractivity contribution in [2.24, 2.45) is 0 Å². The molecule has 0 bridgehead atoms. The van der Waals surface area contributed by atoms with Gasteiger partial charge in [-0.1, -0.05) is 92.5 Å². The third-order valence-electron chi connectivity index (χ3n) is 0.664. The van der Waals surface area contributed by atoms with Crippen LogP contribution in [0.5, 0.6) is 0 Å². The third kappa shape index (κ3) is 60.4. The lowest BCUT2D eigenvalue weighted by Crippen LogP contribution is -1.42. The number of hydrogen-bond acceptors (Lipinski definition) is 0. The van der Waals surface area contributed by atoms with Crippen molar-refractivity contribution < 1.29 is 0 Å². The van der Waals surface area contributed by atoms with Crippen LogP contribution in [0, 0.1) is 0 Å². The Morgan fingerprint density at radius 3 is 0.667 bits per heavy atom. The molecule has 0 aliphatic rings. The molecule has 0 saturated carbocycles. The monoisotopic (exact) mass is 264 g/mol. The highest BCUT2D eigenvalue weighted by Crippen LogP contribution is 1.93. The summed E-state index contributed by atoms with van der Waals surface area (Å²) in [5, 5.41) is 1.47. The maximum absolute atomic E-state index is 5.15. The first-order valence-electron chi connectivity index (χ1n) is 3.72. The molecule has 0 aliphatic heterocycles. The van der Waals surface area contributed by atoms with E-state index >= 15 is 0 Å². The number of rotatable bonds is 3. The zero-order valence-electron chi connectivity index (χ0n) is 8.61. The summed E-state index contributed by atoms with van der Waals surface area (Å²) >= 11 is 15.4. The van der Waals surface area contributed by atoms with Gasteiger partial charge in [0.2, 0.25) is 0 Å². The lowest BCUT2D eigenvalue weighted by Gasteiger charge is -1.67. The molecule has 0 nitrogen and oxygen atoms in total. The number of hydrogen-bond donors (Lipinski definition) is 0. The minimum absolute atomic E-state index is 0.491. The third-order valence-corrected chi connectivity index (χ3v) is 1.13. The van der Waals surface area contributed by atoms with Crippen LogP contribution >= 0.6 is 34.8 Å². The Morgan fingerprint density at radius 2 is 0.667 bits per heavy atom. The predicted molar refractivity (Wildman–Crippen MR) is 75.6 cm³/mol. The van der Waals surface area contributed by atoms with Crippen molar-refractivity contribution in [3.05, 3.63) is 72.8 Å². The molecule has 0 amide bonds. The van der Waals surface area contributed by atoms with E-state index in [1.54, 1.807) is 0 Å². The van der Waals surface area contributed by atoms with E-state index in [2.05, 4.69) is 39.5 Å². The maximum atomic E-state index is 5.15. The summed E-state index contributed by atoms with van der Waals surface area (Å²) in [5.74, 6) is 0. The molecule has 0 fully saturated rings. The van der Waals surface area contributed by atoms with Crippen molar-refractivity contribution in [3.63, 3.8) is 0 Å². The Balaban J connectivity index is -0.000000144. The van der Waals surface area contributed by atoms with Crippen LogP contribution in [-0.2, 0) is 0 Å². The molecular weight excluding hydrogens is 250 g/mol. The second kappa shape index (κ2) is 15.8. The summed E-state index contributed by atoms with van der Waals surface area (Å²) in [4.78, 5) is 0. The fraction of sp³-hybridized carbons (Fsp3) is 0. The minimum atomic E-state index is 0.491. The lowest BCUT2D eigenvalue weighted by atomic mass is 10.6. The number of halogens is 3. The molecule has 84 valence electrons. The molecule has 0 aromatic carbocycles. The van der Waals surface area contributed by atoms with Gasteiger partial charge in [0, 0.05) is 15.1 Å². The van der Waals surface area contributed by atoms with Gasteiger partial charge >= 0.3 is 0 Å². The second-order valence-electron chi connectivity index (χ2n) is 1.95. The highest BCUT2D eigenvalue weighted by Gasteiger charge is 1.64. The Hall–Kier alpha value is -0.690. The molecule has 15 heavy (non-hydrogen) atoms. The highest BCUT2D eigenvalue weighted by molar-refractivity contribution is 6.31. The van der Waals surface area contributed by atoms with Crippen molar-refractivity contribution in [1.29, 1.82) is 0 Å². The smallest absolute Gasteiger partial charge is 0.0328 e. The Kier molecular flexibility index (Phi) is 20.8. The van der Waals surface area contributed by atoms with Crippen LogP contribution in [0.2, 0.25) is 0 Å². The maximum Gasteiger partial charge on any atom is 0.0328 e. The first-order chi connectivity index (χ1) is 6.81. The molecule has 0 rings (SSSR count). The van der Waals surface area contributed by atoms with E-state index in [4.69, 9.17) is 34.8 Å². The van der Waals surface area contributed by atoms with Gasteiger partial charge in [-0.05, 0) is 0 Å². The Labute approximate surface area is 108 Å². The van der Waals surface area contributed by atoms with Crippen LogP contribution in [-0.4, -0.2) is 0 Å². The molecule has 0 saturated heterocycles. The van der Waals surface area contributed by atoms with Gasteiger partial charge in [0.05, 0.1) is 0 Å². The molecule has 0 unspecified atom stereocenters. The fourth-order valence-electron chi connectivity index (χ4n) is 0. The van der Waals surface area contributed by atoms with E-state index in [0.717, 1.165) is 0 Å². The zero-order chi connectivity index (χ0) is 12.9. The average molecular weight is 266 g/mol. The lowest BCUT2D eigenvalue weighted by molar-refractivity contribution is 2.04. The first-order valence-corrected chi connectivity index (χ1v) is 4.85. The molecule has 0 aromatic heterocycles. The van der Waals surface area contributed by atoms with Crippen molar-refractivity contribution in [3.8, 4) is 0 Å². The predicted octanol–water partition coefficient (Wildman–Crippen LogP) is 5.77. The molecule has 3 heteroatoms. The second-order valence-corrected chi connectivity index (χ2v) is 3.41. The topological polar surface area (TPSA) is 0 Å². The summed E-state index contributed by atoms with van der Waals surface area (Å²) in [6, 6.07) is 0. The van der Waals surface area contributed by atoms with E-state index < -0.39 is 0 Å². The number of allylic oxidation sites excluding steroid dienone is 6. The molecule has 0 radical (unpaired) electrons. The summed E-state index contributed by atoms with van der Waals surface area (Å²) in [6.45, 7) is 19.9. The van der Waals surface area contributed by atoms with Crippen LogP contribution in [0.1, 0.15) is 0 Å². The van der Waals surface area contributed by atoms with Crippen molar-refractivity contribution in [2.75, 3.05) is 0 Å². The van der Waals surface area contributed by atoms with Crippen molar-refractivity contribution in [1.82, 2.24) is 0 Å². The normalized spacial score (nSPS) is 6.60. The summed E-state index contributed by atoms with van der Waals surface area (Å²) < 4.78 is 0. The highest BCUT2D eigenvalue weighted by atomic mass is 35.5. The van der Waals surface area contributed by atoms with Crippen molar-refractivity contribution >= 4 is 34.8 Å². The largest absolute Gasteiger partial charge is 0.0976 e. The molecule has 0 aromatic rings. The van der Waals surface area contributed by atoms with Crippen molar-refractivity contribution in [2.45, 2.75) is 0 Å². The fourth-order valence-corrected chi connectivity index (χ4v) is 0. The SMILES string of the molecule is C=CC(=C)Cl.C=CC(=C)Cl.C=CC(=C)Cl. The van der Waals surface area contributed by atoms with E-state index in [9.17, 15) is 0 Å². The zero-order valence-corrected chi connectivity index (χ0v) is 10.9. The van der Waals surface area contributed by atoms with Crippen LogP contribution in [0.15, 0.2) is 72.8 Å². The van der Waals surface area contributed by atoms with Gasteiger partial charge in [-0.3, -0.25) is 0 Å². The Bertz CT molecular complexity index is 207. The first kappa shape index (κ1) is 19.8. The van der Waals surface area contributed by atoms with Gasteiger partial charge in [0.25, 0.3) is 0 Å². The standard InChI is InChI=1S/3C4H5Cl/c3*1-3-4(2)5/h3*3H,1-2H2. The van der Waals surface area contributed by atoms with Gasteiger partial charge in [0.1, 0.15) is 0 Å². The van der Waals surface area contributed by atoms with Gasteiger partial charge in [-0.25, -0.2) is 0 Å². The summed E-state index contributed by atoms with van der Waals surface area (Å²) in [7, 11) is 0. The van der Waals surface area contributed by atoms with Crippen LogP contribution in [0.3, 0.4) is 0 Å². The minimum Gasteiger partial charge on any atom is -0.0976 e. The summed E-state index contributed by atoms with van der Waals surface area (Å²) in [5.41, 5.74) is 0. The van der Waals surface area contributed by atoms with E-state index in [0.29, 0.717) is 15.1 Å². The molecule has 0 aliphatic carbocycles. The molecule has 0 heterocycles. The van der Waals surface area contributed by atoms with Gasteiger partial charge in [-0.15, -0.1) is 0 Å².